The Morgan fingerprint density at radius 3 is 2.19 bits per heavy atom. The van der Waals surface area contributed by atoms with Crippen LogP contribution in [0.3, 0.4) is 0 Å². The summed E-state index contributed by atoms with van der Waals surface area (Å²) in [6.45, 7) is 4.35. The highest BCUT2D eigenvalue weighted by Gasteiger charge is 2.17. The van der Waals surface area contributed by atoms with Crippen LogP contribution >= 0.6 is 11.6 Å². The second-order valence-corrected chi connectivity index (χ2v) is 5.74. The Balaban J connectivity index is 2.41. The number of benzene rings is 2. The standard InChI is InChI=1S/C17H21ClN2O/c1-11(2)12-4-6-13(7-5-12)17(20-19)15-10-14(18)8-9-16(15)21-3/h4-11,17,20H,19H2,1-3H3. The van der Waals surface area contributed by atoms with Crippen LogP contribution in [0.4, 0.5) is 0 Å². The maximum Gasteiger partial charge on any atom is 0.124 e. The van der Waals surface area contributed by atoms with Crippen LogP contribution in [0, 0.1) is 0 Å². The van der Waals surface area contributed by atoms with Crippen molar-refractivity contribution < 1.29 is 4.74 Å². The van der Waals surface area contributed by atoms with Gasteiger partial charge in [-0.15, -0.1) is 0 Å². The van der Waals surface area contributed by atoms with Gasteiger partial charge in [0, 0.05) is 10.6 Å². The monoisotopic (exact) mass is 304 g/mol. The second-order valence-electron chi connectivity index (χ2n) is 5.31. The molecule has 2 rings (SSSR count). The third kappa shape index (κ3) is 3.56. The van der Waals surface area contributed by atoms with Crippen LogP contribution in [0.25, 0.3) is 0 Å². The van der Waals surface area contributed by atoms with Crippen LogP contribution in [-0.4, -0.2) is 7.11 Å². The molecule has 1 atom stereocenters. The van der Waals surface area contributed by atoms with Crippen LogP contribution < -0.4 is 16.0 Å². The van der Waals surface area contributed by atoms with Gasteiger partial charge >= 0.3 is 0 Å². The highest BCUT2D eigenvalue weighted by molar-refractivity contribution is 6.30. The van der Waals surface area contributed by atoms with Gasteiger partial charge in [-0.3, -0.25) is 5.84 Å². The molecule has 3 nitrogen and oxygen atoms in total. The van der Waals surface area contributed by atoms with Crippen molar-refractivity contribution >= 4 is 11.6 Å². The lowest BCUT2D eigenvalue weighted by Gasteiger charge is -2.20. The van der Waals surface area contributed by atoms with Gasteiger partial charge in [0.1, 0.15) is 5.75 Å². The Kier molecular flexibility index (Phi) is 5.23. The van der Waals surface area contributed by atoms with Gasteiger partial charge in [0.05, 0.1) is 13.2 Å². The van der Waals surface area contributed by atoms with Crippen molar-refractivity contribution in [2.24, 2.45) is 5.84 Å². The molecule has 0 spiro atoms. The SMILES string of the molecule is COc1ccc(Cl)cc1C(NN)c1ccc(C(C)C)cc1. The molecular formula is C17H21ClN2O. The normalized spacial score (nSPS) is 12.5. The molecule has 21 heavy (non-hydrogen) atoms. The fourth-order valence-corrected chi connectivity index (χ4v) is 2.55. The second kappa shape index (κ2) is 6.94. The van der Waals surface area contributed by atoms with Crippen LogP contribution in [0.5, 0.6) is 5.75 Å². The summed E-state index contributed by atoms with van der Waals surface area (Å²) in [5, 5.41) is 0.657. The van der Waals surface area contributed by atoms with Gasteiger partial charge < -0.3 is 4.74 Å². The fraction of sp³-hybridized carbons (Fsp3) is 0.294. The van der Waals surface area contributed by atoms with Gasteiger partial charge in [0.25, 0.3) is 0 Å². The first-order valence-electron chi connectivity index (χ1n) is 6.96. The molecular weight excluding hydrogens is 284 g/mol. The van der Waals surface area contributed by atoms with Gasteiger partial charge in [-0.05, 0) is 35.2 Å². The number of methoxy groups -OCH3 is 1. The zero-order chi connectivity index (χ0) is 15.4. The van der Waals surface area contributed by atoms with Crippen molar-refractivity contribution in [1.29, 1.82) is 0 Å². The largest absolute Gasteiger partial charge is 0.496 e. The zero-order valence-electron chi connectivity index (χ0n) is 12.6. The van der Waals surface area contributed by atoms with E-state index < -0.39 is 0 Å². The number of hydrogen-bond donors (Lipinski definition) is 2. The molecule has 0 amide bonds. The maximum atomic E-state index is 6.10. The molecule has 2 aromatic carbocycles. The molecule has 1 unspecified atom stereocenters. The molecule has 0 bridgehead atoms. The van der Waals surface area contributed by atoms with E-state index in [0.29, 0.717) is 10.9 Å². The van der Waals surface area contributed by atoms with Gasteiger partial charge in [-0.2, -0.15) is 0 Å². The van der Waals surface area contributed by atoms with Gasteiger partial charge in [-0.25, -0.2) is 5.43 Å². The van der Waals surface area contributed by atoms with E-state index in [1.165, 1.54) is 5.56 Å². The first kappa shape index (κ1) is 15.8. The van der Waals surface area contributed by atoms with E-state index >= 15 is 0 Å². The highest BCUT2D eigenvalue weighted by Crippen LogP contribution is 2.32. The molecule has 0 saturated heterocycles. The van der Waals surface area contributed by atoms with Crippen molar-refractivity contribution in [3.05, 3.63) is 64.2 Å². The van der Waals surface area contributed by atoms with E-state index in [1.54, 1.807) is 13.2 Å². The van der Waals surface area contributed by atoms with E-state index in [4.69, 9.17) is 22.2 Å². The number of halogens is 1. The van der Waals surface area contributed by atoms with Crippen molar-refractivity contribution in [2.45, 2.75) is 25.8 Å². The quantitative estimate of drug-likeness (QED) is 0.648. The topological polar surface area (TPSA) is 47.3 Å². The minimum atomic E-state index is -0.167. The molecule has 0 aliphatic rings. The lowest BCUT2D eigenvalue weighted by atomic mass is 9.95. The first-order valence-corrected chi connectivity index (χ1v) is 7.34. The number of hydrazine groups is 1. The van der Waals surface area contributed by atoms with Crippen LogP contribution in [0.2, 0.25) is 5.02 Å². The van der Waals surface area contributed by atoms with E-state index in [9.17, 15) is 0 Å². The number of ether oxygens (including phenoxy) is 1. The molecule has 0 heterocycles. The van der Waals surface area contributed by atoms with Gasteiger partial charge in [0.15, 0.2) is 0 Å². The Morgan fingerprint density at radius 2 is 1.67 bits per heavy atom. The molecule has 4 heteroatoms. The summed E-state index contributed by atoms with van der Waals surface area (Å²) in [7, 11) is 1.64. The number of nitrogens with one attached hydrogen (secondary N) is 1. The molecule has 0 aromatic heterocycles. The predicted molar refractivity (Wildman–Crippen MR) is 87.7 cm³/mol. The summed E-state index contributed by atoms with van der Waals surface area (Å²) in [6, 6.07) is 13.8. The number of nitrogens with two attached hydrogens (primary N) is 1. The predicted octanol–water partition coefficient (Wildman–Crippen LogP) is 4.02. The van der Waals surface area contributed by atoms with Gasteiger partial charge in [-0.1, -0.05) is 49.7 Å². The zero-order valence-corrected chi connectivity index (χ0v) is 13.3. The molecule has 112 valence electrons. The lowest BCUT2D eigenvalue weighted by Crippen LogP contribution is -2.29. The molecule has 0 fully saturated rings. The molecule has 2 aromatic rings. The van der Waals surface area contributed by atoms with Crippen molar-refractivity contribution in [1.82, 2.24) is 5.43 Å². The molecule has 0 aliphatic heterocycles. The summed E-state index contributed by atoms with van der Waals surface area (Å²) in [6.07, 6.45) is 0. The summed E-state index contributed by atoms with van der Waals surface area (Å²) in [4.78, 5) is 0. The minimum Gasteiger partial charge on any atom is -0.496 e. The Bertz CT molecular complexity index is 596. The summed E-state index contributed by atoms with van der Waals surface area (Å²) in [5.74, 6) is 7.02. The fourth-order valence-electron chi connectivity index (χ4n) is 2.37. The van der Waals surface area contributed by atoms with Crippen molar-refractivity contribution in [2.75, 3.05) is 7.11 Å². The van der Waals surface area contributed by atoms with E-state index in [0.717, 1.165) is 16.9 Å². The summed E-state index contributed by atoms with van der Waals surface area (Å²) in [5.41, 5.74) is 6.14. The average Bonchev–Trinajstić information content (AvgIpc) is 2.49. The van der Waals surface area contributed by atoms with Gasteiger partial charge in [0.2, 0.25) is 0 Å². The molecule has 0 radical (unpaired) electrons. The maximum absolute atomic E-state index is 6.10. The van der Waals surface area contributed by atoms with Crippen LogP contribution in [0.1, 0.15) is 42.5 Å². The summed E-state index contributed by atoms with van der Waals surface area (Å²) >= 11 is 6.10. The van der Waals surface area contributed by atoms with Crippen LogP contribution in [0.15, 0.2) is 42.5 Å². The highest BCUT2D eigenvalue weighted by atomic mass is 35.5. The lowest BCUT2D eigenvalue weighted by molar-refractivity contribution is 0.404. The molecule has 0 aliphatic carbocycles. The Morgan fingerprint density at radius 1 is 1.05 bits per heavy atom. The smallest absolute Gasteiger partial charge is 0.124 e. The summed E-state index contributed by atoms with van der Waals surface area (Å²) < 4.78 is 5.41. The van der Waals surface area contributed by atoms with Crippen molar-refractivity contribution in [3.8, 4) is 5.75 Å². The first-order chi connectivity index (χ1) is 10.1. The minimum absolute atomic E-state index is 0.167. The van der Waals surface area contributed by atoms with Crippen LogP contribution in [-0.2, 0) is 0 Å². The average molecular weight is 305 g/mol. The Labute approximate surface area is 131 Å². The van der Waals surface area contributed by atoms with E-state index in [-0.39, 0.29) is 6.04 Å². The Hall–Kier alpha value is -1.55. The molecule has 3 N–H and O–H groups in total. The third-order valence-corrected chi connectivity index (χ3v) is 3.84. The van der Waals surface area contributed by atoms with E-state index in [1.807, 2.05) is 12.1 Å². The van der Waals surface area contributed by atoms with E-state index in [2.05, 4.69) is 43.5 Å². The third-order valence-electron chi connectivity index (χ3n) is 3.61. The van der Waals surface area contributed by atoms with Crippen molar-refractivity contribution in [3.63, 3.8) is 0 Å². The number of hydrogen-bond acceptors (Lipinski definition) is 3. The number of rotatable bonds is 5. The molecule has 0 saturated carbocycles.